The lowest BCUT2D eigenvalue weighted by Crippen LogP contribution is -2.34. The minimum atomic E-state index is -0.0481. The van der Waals surface area contributed by atoms with E-state index >= 15 is 0 Å². The Morgan fingerprint density at radius 2 is 1.83 bits per heavy atom. The molecule has 0 spiro atoms. The number of carbonyl (C=O) groups excluding carboxylic acids is 1. The van der Waals surface area contributed by atoms with E-state index in [1.54, 1.807) is 31.1 Å². The van der Waals surface area contributed by atoms with Crippen molar-refractivity contribution in [3.8, 4) is 11.5 Å². The summed E-state index contributed by atoms with van der Waals surface area (Å²) in [6.45, 7) is 1.84. The SMILES string of the molecule is COc1cc2c(cc1OC)CN(C(=O)/C=C/c1cn(Cc3ccccc3)nn1)CC2. The minimum absolute atomic E-state index is 0.0481. The third-order valence-corrected chi connectivity index (χ3v) is 5.17. The molecule has 7 heteroatoms. The average Bonchev–Trinajstić information content (AvgIpc) is 3.23. The largest absolute Gasteiger partial charge is 0.493 e. The lowest BCUT2D eigenvalue weighted by Gasteiger charge is -2.28. The highest BCUT2D eigenvalue weighted by Gasteiger charge is 2.21. The predicted molar refractivity (Wildman–Crippen MR) is 113 cm³/mol. The van der Waals surface area contributed by atoms with Crippen molar-refractivity contribution in [1.82, 2.24) is 19.9 Å². The van der Waals surface area contributed by atoms with Gasteiger partial charge in [-0.25, -0.2) is 4.68 Å². The lowest BCUT2D eigenvalue weighted by atomic mass is 9.98. The van der Waals surface area contributed by atoms with Gasteiger partial charge >= 0.3 is 0 Å². The molecule has 154 valence electrons. The molecule has 2 heterocycles. The molecule has 0 saturated carbocycles. The zero-order valence-electron chi connectivity index (χ0n) is 17.1. The smallest absolute Gasteiger partial charge is 0.246 e. The maximum Gasteiger partial charge on any atom is 0.246 e. The van der Waals surface area contributed by atoms with Crippen LogP contribution in [0.3, 0.4) is 0 Å². The molecule has 0 aliphatic carbocycles. The molecule has 3 aromatic rings. The maximum absolute atomic E-state index is 12.7. The van der Waals surface area contributed by atoms with Gasteiger partial charge in [0.25, 0.3) is 0 Å². The van der Waals surface area contributed by atoms with Gasteiger partial charge in [-0.1, -0.05) is 35.5 Å². The summed E-state index contributed by atoms with van der Waals surface area (Å²) in [5.41, 5.74) is 4.06. The van der Waals surface area contributed by atoms with Crippen molar-refractivity contribution in [3.05, 3.63) is 77.1 Å². The summed E-state index contributed by atoms with van der Waals surface area (Å²) in [7, 11) is 3.24. The van der Waals surface area contributed by atoms with Crippen molar-refractivity contribution in [3.63, 3.8) is 0 Å². The topological polar surface area (TPSA) is 69.5 Å². The van der Waals surface area contributed by atoms with Gasteiger partial charge in [-0.15, -0.1) is 5.10 Å². The second kappa shape index (κ2) is 8.82. The van der Waals surface area contributed by atoms with Crippen LogP contribution in [0.25, 0.3) is 6.08 Å². The van der Waals surface area contributed by atoms with Crippen LogP contribution in [0.1, 0.15) is 22.4 Å². The molecular weight excluding hydrogens is 380 g/mol. The first-order valence-electron chi connectivity index (χ1n) is 9.81. The Bertz CT molecular complexity index is 1060. The number of hydrogen-bond donors (Lipinski definition) is 0. The molecule has 30 heavy (non-hydrogen) atoms. The van der Waals surface area contributed by atoms with Crippen molar-refractivity contribution in [2.75, 3.05) is 20.8 Å². The van der Waals surface area contributed by atoms with E-state index in [-0.39, 0.29) is 5.91 Å². The van der Waals surface area contributed by atoms with Gasteiger partial charge in [-0.3, -0.25) is 4.79 Å². The normalized spacial score (nSPS) is 13.3. The summed E-state index contributed by atoms with van der Waals surface area (Å²) in [5.74, 6) is 1.35. The Kier molecular flexibility index (Phi) is 5.79. The van der Waals surface area contributed by atoms with Crippen molar-refractivity contribution in [2.45, 2.75) is 19.5 Å². The number of methoxy groups -OCH3 is 2. The third kappa shape index (κ3) is 4.35. The van der Waals surface area contributed by atoms with Crippen LogP contribution in [0.15, 0.2) is 54.7 Å². The Morgan fingerprint density at radius 3 is 2.57 bits per heavy atom. The molecule has 1 aliphatic heterocycles. The zero-order chi connectivity index (χ0) is 20.9. The zero-order valence-corrected chi connectivity index (χ0v) is 17.1. The number of benzene rings is 2. The second-order valence-corrected chi connectivity index (χ2v) is 7.15. The molecular formula is C23H24N4O3. The first-order valence-corrected chi connectivity index (χ1v) is 9.81. The summed E-state index contributed by atoms with van der Waals surface area (Å²) < 4.78 is 12.5. The molecule has 0 radical (unpaired) electrons. The first kappa shape index (κ1) is 19.7. The lowest BCUT2D eigenvalue weighted by molar-refractivity contribution is -0.126. The molecule has 7 nitrogen and oxygen atoms in total. The van der Waals surface area contributed by atoms with Crippen LogP contribution in [0.2, 0.25) is 0 Å². The highest BCUT2D eigenvalue weighted by Crippen LogP contribution is 2.33. The molecule has 0 atom stereocenters. The molecule has 0 N–H and O–H groups in total. The summed E-state index contributed by atoms with van der Waals surface area (Å²) >= 11 is 0. The van der Waals surface area contributed by atoms with Crippen LogP contribution in [0, 0.1) is 0 Å². The van der Waals surface area contributed by atoms with Crippen molar-refractivity contribution in [1.29, 1.82) is 0 Å². The number of rotatable bonds is 6. The monoisotopic (exact) mass is 404 g/mol. The van der Waals surface area contributed by atoms with Gasteiger partial charge in [0.1, 0.15) is 5.69 Å². The van der Waals surface area contributed by atoms with Gasteiger partial charge in [0, 0.05) is 19.2 Å². The highest BCUT2D eigenvalue weighted by molar-refractivity contribution is 5.91. The Hall–Kier alpha value is -3.61. The highest BCUT2D eigenvalue weighted by atomic mass is 16.5. The van der Waals surface area contributed by atoms with E-state index in [9.17, 15) is 4.79 Å². The van der Waals surface area contributed by atoms with Crippen molar-refractivity contribution >= 4 is 12.0 Å². The second-order valence-electron chi connectivity index (χ2n) is 7.15. The van der Waals surface area contributed by atoms with Crippen LogP contribution >= 0.6 is 0 Å². The molecule has 0 fully saturated rings. The Labute approximate surface area is 175 Å². The Morgan fingerprint density at radius 1 is 1.10 bits per heavy atom. The predicted octanol–water partition coefficient (Wildman–Crippen LogP) is 2.94. The minimum Gasteiger partial charge on any atom is -0.493 e. The van der Waals surface area contributed by atoms with E-state index in [2.05, 4.69) is 10.3 Å². The number of fused-ring (bicyclic) bond motifs is 1. The maximum atomic E-state index is 12.7. The molecule has 0 saturated heterocycles. The van der Waals surface area contributed by atoms with Crippen molar-refractivity contribution < 1.29 is 14.3 Å². The molecule has 2 aromatic carbocycles. The van der Waals surface area contributed by atoms with Gasteiger partial charge in [0.2, 0.25) is 5.91 Å². The van der Waals surface area contributed by atoms with Crippen LogP contribution < -0.4 is 9.47 Å². The first-order chi connectivity index (χ1) is 14.7. The summed E-state index contributed by atoms with van der Waals surface area (Å²) in [4.78, 5) is 14.5. The number of carbonyl (C=O) groups is 1. The molecule has 1 aliphatic rings. The summed E-state index contributed by atoms with van der Waals surface area (Å²) in [6.07, 6.45) is 5.88. The van der Waals surface area contributed by atoms with Crippen LogP contribution in [-0.4, -0.2) is 46.6 Å². The fraction of sp³-hybridized carbons (Fsp3) is 0.261. The molecule has 1 aromatic heterocycles. The number of amides is 1. The molecule has 0 bridgehead atoms. The molecule has 4 rings (SSSR count). The summed E-state index contributed by atoms with van der Waals surface area (Å²) in [6, 6.07) is 14.0. The fourth-order valence-electron chi connectivity index (χ4n) is 3.57. The van der Waals surface area contributed by atoms with Crippen LogP contribution in [-0.2, 0) is 24.3 Å². The number of hydrogen-bond acceptors (Lipinski definition) is 5. The number of aromatic nitrogens is 3. The van der Waals surface area contributed by atoms with Gasteiger partial charge in [-0.2, -0.15) is 0 Å². The van der Waals surface area contributed by atoms with Gasteiger partial charge in [0.15, 0.2) is 11.5 Å². The van der Waals surface area contributed by atoms with E-state index in [1.807, 2.05) is 53.6 Å². The van der Waals surface area contributed by atoms with Crippen molar-refractivity contribution in [2.24, 2.45) is 0 Å². The van der Waals surface area contributed by atoms with Gasteiger partial charge < -0.3 is 14.4 Å². The molecule has 1 amide bonds. The van der Waals surface area contributed by atoms with Gasteiger partial charge in [0.05, 0.1) is 27.0 Å². The molecule has 0 unspecified atom stereocenters. The third-order valence-electron chi connectivity index (χ3n) is 5.17. The average molecular weight is 404 g/mol. The van der Waals surface area contributed by atoms with Crippen LogP contribution in [0.5, 0.6) is 11.5 Å². The van der Waals surface area contributed by atoms with E-state index in [0.717, 1.165) is 23.3 Å². The fourth-order valence-corrected chi connectivity index (χ4v) is 3.57. The van der Waals surface area contributed by atoms with E-state index in [4.69, 9.17) is 9.47 Å². The van der Waals surface area contributed by atoms with Crippen LogP contribution in [0.4, 0.5) is 0 Å². The Balaban J connectivity index is 1.40. The quantitative estimate of drug-likeness (QED) is 0.591. The standard InChI is InChI=1S/C23H24N4O3/c1-29-21-12-18-10-11-26(15-19(18)13-22(21)30-2)23(28)9-8-20-16-27(25-24-20)14-17-6-4-3-5-7-17/h3-9,12-13,16H,10-11,14-15H2,1-2H3/b9-8+. The van der Waals surface area contributed by atoms with E-state index < -0.39 is 0 Å². The number of nitrogens with zero attached hydrogens (tertiary/aromatic N) is 4. The summed E-state index contributed by atoms with van der Waals surface area (Å²) in [5, 5.41) is 8.26. The number of ether oxygens (including phenoxy) is 2. The van der Waals surface area contributed by atoms with E-state index in [0.29, 0.717) is 31.1 Å². The van der Waals surface area contributed by atoms with Gasteiger partial charge in [-0.05, 0) is 41.3 Å². The van der Waals surface area contributed by atoms with E-state index in [1.165, 1.54) is 5.56 Å².